The summed E-state index contributed by atoms with van der Waals surface area (Å²) < 4.78 is 5.11. The molecule has 0 fully saturated rings. The van der Waals surface area contributed by atoms with Gasteiger partial charge in [0.2, 0.25) is 0 Å². The van der Waals surface area contributed by atoms with Crippen LogP contribution in [0.25, 0.3) is 0 Å². The number of carboxylic acids is 1. The molecule has 1 aromatic carbocycles. The van der Waals surface area contributed by atoms with Gasteiger partial charge in [0.25, 0.3) is 0 Å². The van der Waals surface area contributed by atoms with E-state index >= 15 is 0 Å². The summed E-state index contributed by atoms with van der Waals surface area (Å²) in [5.74, 6) is -1.57. The highest BCUT2D eigenvalue weighted by Gasteiger charge is 2.33. The normalized spacial score (nSPS) is 15.3. The number of aliphatic hydroxyl groups excluding tert-OH is 2. The monoisotopic (exact) mass is 325 g/mol. The zero-order chi connectivity index (χ0) is 17.6. The van der Waals surface area contributed by atoms with Crippen molar-refractivity contribution in [3.63, 3.8) is 0 Å². The molecule has 0 aliphatic heterocycles. The number of carbonyl (C=O) groups excluding carboxylic acids is 1. The van der Waals surface area contributed by atoms with E-state index in [-0.39, 0.29) is 6.42 Å². The highest BCUT2D eigenvalue weighted by molar-refractivity contribution is 5.73. The number of aliphatic carboxylic acids is 1. The van der Waals surface area contributed by atoms with E-state index < -0.39 is 35.9 Å². The van der Waals surface area contributed by atoms with E-state index in [0.29, 0.717) is 0 Å². The van der Waals surface area contributed by atoms with Crippen LogP contribution in [-0.4, -0.2) is 51.2 Å². The molecule has 1 amide bonds. The van der Waals surface area contributed by atoms with E-state index in [9.17, 15) is 19.8 Å². The van der Waals surface area contributed by atoms with Gasteiger partial charge in [-0.3, -0.25) is 0 Å². The van der Waals surface area contributed by atoms with Crippen molar-refractivity contribution in [1.29, 1.82) is 0 Å². The molecule has 1 aromatic rings. The summed E-state index contributed by atoms with van der Waals surface area (Å²) in [4.78, 5) is 22.7. The third kappa shape index (κ3) is 6.66. The van der Waals surface area contributed by atoms with Crippen molar-refractivity contribution >= 4 is 12.1 Å². The minimum Gasteiger partial charge on any atom is -0.479 e. The Balaban J connectivity index is 2.87. The van der Waals surface area contributed by atoms with E-state index in [1.165, 1.54) is 0 Å². The topological polar surface area (TPSA) is 116 Å². The minimum absolute atomic E-state index is 0.144. The fourth-order valence-electron chi connectivity index (χ4n) is 1.95. The van der Waals surface area contributed by atoms with Crippen molar-refractivity contribution in [1.82, 2.24) is 5.32 Å². The first-order chi connectivity index (χ1) is 10.6. The summed E-state index contributed by atoms with van der Waals surface area (Å²) in [6.45, 7) is 5.05. The van der Waals surface area contributed by atoms with Gasteiger partial charge in [-0.25, -0.2) is 9.59 Å². The molecule has 7 nitrogen and oxygen atoms in total. The molecule has 0 aromatic heterocycles. The second-order valence-electron chi connectivity index (χ2n) is 6.22. The number of carbonyl (C=O) groups is 2. The zero-order valence-electron chi connectivity index (χ0n) is 13.4. The number of carboxylic acid groups (broad SMARTS) is 1. The molecule has 0 saturated carbocycles. The number of ether oxygens (including phenoxy) is 1. The van der Waals surface area contributed by atoms with Crippen LogP contribution in [0.2, 0.25) is 0 Å². The average Bonchev–Trinajstić information content (AvgIpc) is 2.44. The van der Waals surface area contributed by atoms with Gasteiger partial charge in [-0.1, -0.05) is 30.3 Å². The zero-order valence-corrected chi connectivity index (χ0v) is 13.4. The Morgan fingerprint density at radius 1 is 1.17 bits per heavy atom. The van der Waals surface area contributed by atoms with Crippen molar-refractivity contribution in [3.8, 4) is 0 Å². The molecule has 0 bridgehead atoms. The second-order valence-corrected chi connectivity index (χ2v) is 6.22. The molecule has 0 saturated heterocycles. The Hall–Kier alpha value is -2.12. The van der Waals surface area contributed by atoms with Gasteiger partial charge in [0.05, 0.1) is 6.04 Å². The fraction of sp³-hybridized carbons (Fsp3) is 0.500. The maximum absolute atomic E-state index is 11.9. The number of alkyl carbamates (subject to hydrolysis) is 1. The number of hydrogen-bond acceptors (Lipinski definition) is 5. The number of hydrogen-bond donors (Lipinski definition) is 4. The lowest BCUT2D eigenvalue weighted by Gasteiger charge is -2.28. The summed E-state index contributed by atoms with van der Waals surface area (Å²) in [5.41, 5.74) is 0.0304. The Bertz CT molecular complexity index is 525. The van der Waals surface area contributed by atoms with Crippen LogP contribution < -0.4 is 5.32 Å². The summed E-state index contributed by atoms with van der Waals surface area (Å²) in [6, 6.07) is 7.88. The van der Waals surface area contributed by atoms with Crippen molar-refractivity contribution in [2.75, 3.05) is 0 Å². The average molecular weight is 325 g/mol. The van der Waals surface area contributed by atoms with E-state index in [1.54, 1.807) is 45.0 Å². The van der Waals surface area contributed by atoms with Crippen molar-refractivity contribution in [2.24, 2.45) is 0 Å². The standard InChI is InChI=1S/C16H23NO6/c1-16(2,3)23-15(22)17-11(12(18)13(19)14(20)21)9-10-7-5-4-6-8-10/h4-8,11-13,18-19H,9H2,1-3H3,(H,17,22)(H,20,21)/t11-,12-,13?/m0/s1. The Morgan fingerprint density at radius 3 is 2.22 bits per heavy atom. The van der Waals surface area contributed by atoms with E-state index in [0.717, 1.165) is 5.56 Å². The first-order valence-electron chi connectivity index (χ1n) is 7.22. The van der Waals surface area contributed by atoms with Gasteiger partial charge >= 0.3 is 12.1 Å². The molecule has 0 radical (unpaired) electrons. The van der Waals surface area contributed by atoms with Gasteiger partial charge in [-0.2, -0.15) is 0 Å². The van der Waals surface area contributed by atoms with Crippen LogP contribution >= 0.6 is 0 Å². The lowest BCUT2D eigenvalue weighted by Crippen LogP contribution is -2.52. The van der Waals surface area contributed by atoms with Gasteiger partial charge in [0, 0.05) is 0 Å². The van der Waals surface area contributed by atoms with Gasteiger partial charge in [-0.05, 0) is 32.8 Å². The SMILES string of the molecule is CC(C)(C)OC(=O)N[C@@H](Cc1ccccc1)[C@H](O)C(O)C(=O)O. The molecule has 23 heavy (non-hydrogen) atoms. The van der Waals surface area contributed by atoms with E-state index in [4.69, 9.17) is 9.84 Å². The molecule has 7 heteroatoms. The van der Waals surface area contributed by atoms with E-state index in [2.05, 4.69) is 5.32 Å². The molecule has 0 aliphatic rings. The first kappa shape index (κ1) is 18.9. The van der Waals surface area contributed by atoms with Crippen LogP contribution in [0.4, 0.5) is 4.79 Å². The maximum Gasteiger partial charge on any atom is 0.407 e. The highest BCUT2D eigenvalue weighted by atomic mass is 16.6. The molecular weight excluding hydrogens is 302 g/mol. The van der Waals surface area contributed by atoms with Crippen LogP contribution in [0.5, 0.6) is 0 Å². The smallest absolute Gasteiger partial charge is 0.407 e. The number of benzene rings is 1. The number of aliphatic hydroxyl groups is 2. The number of nitrogens with one attached hydrogen (secondary N) is 1. The van der Waals surface area contributed by atoms with Gasteiger partial charge < -0.3 is 25.4 Å². The molecule has 0 heterocycles. The molecule has 0 spiro atoms. The van der Waals surface area contributed by atoms with Crippen molar-refractivity contribution in [3.05, 3.63) is 35.9 Å². The Morgan fingerprint density at radius 2 is 1.74 bits per heavy atom. The molecule has 1 unspecified atom stereocenters. The molecule has 1 rings (SSSR count). The van der Waals surface area contributed by atoms with Crippen molar-refractivity contribution < 1.29 is 29.6 Å². The minimum atomic E-state index is -2.02. The molecule has 0 aliphatic carbocycles. The molecule has 4 N–H and O–H groups in total. The summed E-state index contributed by atoms with van der Waals surface area (Å²) in [6.07, 6.45) is -4.35. The van der Waals surface area contributed by atoms with Crippen molar-refractivity contribution in [2.45, 2.75) is 51.0 Å². The quantitative estimate of drug-likeness (QED) is 0.618. The van der Waals surface area contributed by atoms with Crippen LogP contribution in [0, 0.1) is 0 Å². The molecule has 128 valence electrons. The third-order valence-electron chi connectivity index (χ3n) is 2.99. The van der Waals surface area contributed by atoms with Gasteiger partial charge in [-0.15, -0.1) is 0 Å². The molecule has 3 atom stereocenters. The van der Waals surface area contributed by atoms with Gasteiger partial charge in [0.15, 0.2) is 6.10 Å². The summed E-state index contributed by atoms with van der Waals surface area (Å²) in [5, 5.41) is 30.9. The highest BCUT2D eigenvalue weighted by Crippen LogP contribution is 2.12. The van der Waals surface area contributed by atoms with Crippen LogP contribution in [0.15, 0.2) is 30.3 Å². The second kappa shape index (κ2) is 7.94. The third-order valence-corrected chi connectivity index (χ3v) is 2.99. The lowest BCUT2D eigenvalue weighted by atomic mass is 9.98. The van der Waals surface area contributed by atoms with Gasteiger partial charge in [0.1, 0.15) is 11.7 Å². The predicted octanol–water partition coefficient (Wildman–Crippen LogP) is 0.929. The predicted molar refractivity (Wildman–Crippen MR) is 83.0 cm³/mol. The Labute approximate surface area is 134 Å². The Kier molecular flexibility index (Phi) is 6.53. The summed E-state index contributed by atoms with van der Waals surface area (Å²) >= 11 is 0. The van der Waals surface area contributed by atoms with E-state index in [1.807, 2.05) is 6.07 Å². The van der Waals surface area contributed by atoms with Crippen LogP contribution in [-0.2, 0) is 16.0 Å². The summed E-state index contributed by atoms with van der Waals surface area (Å²) in [7, 11) is 0. The molecular formula is C16H23NO6. The maximum atomic E-state index is 11.9. The first-order valence-corrected chi connectivity index (χ1v) is 7.22. The largest absolute Gasteiger partial charge is 0.479 e. The number of rotatable bonds is 6. The van der Waals surface area contributed by atoms with Crippen LogP contribution in [0.1, 0.15) is 26.3 Å². The lowest BCUT2D eigenvalue weighted by molar-refractivity contribution is -0.154. The number of amides is 1. The fourth-order valence-corrected chi connectivity index (χ4v) is 1.95. The van der Waals surface area contributed by atoms with Crippen LogP contribution in [0.3, 0.4) is 0 Å².